The van der Waals surface area contributed by atoms with Gasteiger partial charge in [-0.2, -0.15) is 25.3 Å². The highest BCUT2D eigenvalue weighted by Gasteiger charge is 2.73. The lowest BCUT2D eigenvalue weighted by Gasteiger charge is -2.30. The Bertz CT molecular complexity index is 228. The molecule has 0 saturated heterocycles. The van der Waals surface area contributed by atoms with Crippen molar-refractivity contribution >= 4 is 25.3 Å². The van der Waals surface area contributed by atoms with Gasteiger partial charge in [-0.15, -0.1) is 0 Å². The molecule has 12 heavy (non-hydrogen) atoms. The summed E-state index contributed by atoms with van der Waals surface area (Å²) in [6.07, 6.45) is 8.39. The van der Waals surface area contributed by atoms with Crippen molar-refractivity contribution in [2.24, 2.45) is 11.8 Å². The molecule has 0 aromatic heterocycles. The maximum atomic E-state index is 4.85. The molecule has 0 heterocycles. The zero-order chi connectivity index (χ0) is 8.40. The van der Waals surface area contributed by atoms with Crippen LogP contribution in [0.15, 0.2) is 0 Å². The molecule has 3 fully saturated rings. The van der Waals surface area contributed by atoms with E-state index >= 15 is 0 Å². The Balaban J connectivity index is 1.90. The Morgan fingerprint density at radius 2 is 1.83 bits per heavy atom. The minimum absolute atomic E-state index is 0.343. The lowest BCUT2D eigenvalue weighted by Crippen LogP contribution is -2.24. The van der Waals surface area contributed by atoms with Crippen LogP contribution in [0.25, 0.3) is 0 Å². The Morgan fingerprint density at radius 3 is 2.58 bits per heavy atom. The molecule has 0 amide bonds. The fourth-order valence-electron chi connectivity index (χ4n) is 3.64. The maximum Gasteiger partial charge on any atom is 0.0319 e. The highest BCUT2D eigenvalue weighted by atomic mass is 32.1. The number of thiol groups is 2. The predicted molar refractivity (Wildman–Crippen MR) is 58.1 cm³/mol. The van der Waals surface area contributed by atoms with Gasteiger partial charge in [0.1, 0.15) is 0 Å². The van der Waals surface area contributed by atoms with Gasteiger partial charge in [-0.1, -0.05) is 19.3 Å². The lowest BCUT2D eigenvalue weighted by molar-refractivity contribution is 0.252. The molecular weight excluding hydrogens is 184 g/mol. The number of hydrogen-bond donors (Lipinski definition) is 2. The van der Waals surface area contributed by atoms with E-state index in [1.807, 2.05) is 0 Å². The van der Waals surface area contributed by atoms with E-state index in [1.54, 1.807) is 0 Å². The Hall–Kier alpha value is 0.700. The fourth-order valence-corrected chi connectivity index (χ4v) is 5.12. The SMILES string of the molecule is SC12CC3CCCCC3C1(S)C2. The van der Waals surface area contributed by atoms with Crippen LogP contribution in [-0.4, -0.2) is 9.49 Å². The Labute approximate surface area is 85.3 Å². The first-order chi connectivity index (χ1) is 5.66. The van der Waals surface area contributed by atoms with Gasteiger partial charge in [0.25, 0.3) is 0 Å². The average molecular weight is 200 g/mol. The molecule has 3 saturated carbocycles. The number of rotatable bonds is 0. The fraction of sp³-hybridized carbons (Fsp3) is 1.00. The maximum absolute atomic E-state index is 4.85. The molecule has 68 valence electrons. The van der Waals surface area contributed by atoms with E-state index < -0.39 is 0 Å². The third-order valence-electron chi connectivity index (χ3n) is 4.37. The van der Waals surface area contributed by atoms with Crippen molar-refractivity contribution in [3.05, 3.63) is 0 Å². The summed E-state index contributed by atoms with van der Waals surface area (Å²) in [7, 11) is 0. The quantitative estimate of drug-likeness (QED) is 0.552. The van der Waals surface area contributed by atoms with Crippen molar-refractivity contribution in [1.82, 2.24) is 0 Å². The monoisotopic (exact) mass is 200 g/mol. The highest BCUT2D eigenvalue weighted by Crippen LogP contribution is 2.73. The van der Waals surface area contributed by atoms with Crippen LogP contribution < -0.4 is 0 Å². The van der Waals surface area contributed by atoms with Crippen LogP contribution in [-0.2, 0) is 0 Å². The van der Waals surface area contributed by atoms with Gasteiger partial charge in [0.2, 0.25) is 0 Å². The molecule has 0 N–H and O–H groups in total. The molecular formula is C10H16S2. The molecule has 0 aliphatic heterocycles. The molecule has 4 unspecified atom stereocenters. The second-order valence-corrected chi connectivity index (χ2v) is 6.64. The summed E-state index contributed by atoms with van der Waals surface area (Å²) in [4.78, 5) is 0. The summed E-state index contributed by atoms with van der Waals surface area (Å²) in [6.45, 7) is 0. The van der Waals surface area contributed by atoms with Crippen LogP contribution in [0.3, 0.4) is 0 Å². The van der Waals surface area contributed by atoms with Gasteiger partial charge in [0.05, 0.1) is 0 Å². The van der Waals surface area contributed by atoms with Crippen LogP contribution in [0.1, 0.15) is 38.5 Å². The first kappa shape index (κ1) is 8.05. The van der Waals surface area contributed by atoms with Gasteiger partial charge in [0.15, 0.2) is 0 Å². The summed E-state index contributed by atoms with van der Waals surface area (Å²) in [5.74, 6) is 1.88. The Morgan fingerprint density at radius 1 is 1.08 bits per heavy atom. The summed E-state index contributed by atoms with van der Waals surface area (Å²) in [5, 5.41) is 0. The van der Waals surface area contributed by atoms with Gasteiger partial charge in [0, 0.05) is 9.49 Å². The molecule has 0 bridgehead atoms. The van der Waals surface area contributed by atoms with Crippen LogP contribution in [0.5, 0.6) is 0 Å². The average Bonchev–Trinajstić information content (AvgIpc) is 2.48. The molecule has 3 rings (SSSR count). The molecule has 0 radical (unpaired) electrons. The summed E-state index contributed by atoms with van der Waals surface area (Å²) in [6, 6.07) is 0. The largest absolute Gasteiger partial charge is 0.171 e. The van der Waals surface area contributed by atoms with E-state index in [-0.39, 0.29) is 0 Å². The first-order valence-electron chi connectivity index (χ1n) is 5.10. The summed E-state index contributed by atoms with van der Waals surface area (Å²) in [5.41, 5.74) is 0. The zero-order valence-corrected chi connectivity index (χ0v) is 9.08. The van der Waals surface area contributed by atoms with Gasteiger partial charge in [-0.25, -0.2) is 0 Å². The number of hydrogen-bond acceptors (Lipinski definition) is 2. The smallest absolute Gasteiger partial charge is 0.0319 e. The van der Waals surface area contributed by atoms with Crippen molar-refractivity contribution in [3.63, 3.8) is 0 Å². The van der Waals surface area contributed by atoms with Crippen LogP contribution in [0.4, 0.5) is 0 Å². The van der Waals surface area contributed by atoms with Crippen LogP contribution in [0, 0.1) is 11.8 Å². The molecule has 3 aliphatic rings. The molecule has 0 aromatic rings. The summed E-state index contributed by atoms with van der Waals surface area (Å²) < 4.78 is 0.691. The second-order valence-electron chi connectivity index (χ2n) is 4.99. The number of fused-ring (bicyclic) bond motifs is 3. The van der Waals surface area contributed by atoms with Gasteiger partial charge in [-0.3, -0.25) is 0 Å². The molecule has 0 spiro atoms. The minimum Gasteiger partial charge on any atom is -0.171 e. The first-order valence-corrected chi connectivity index (χ1v) is 6.00. The second kappa shape index (κ2) is 2.20. The van der Waals surface area contributed by atoms with Crippen LogP contribution in [0.2, 0.25) is 0 Å². The molecule has 4 atom stereocenters. The van der Waals surface area contributed by atoms with Crippen molar-refractivity contribution < 1.29 is 0 Å². The molecule has 3 aliphatic carbocycles. The minimum atomic E-state index is 0.343. The molecule has 0 nitrogen and oxygen atoms in total. The van der Waals surface area contributed by atoms with Crippen molar-refractivity contribution in [1.29, 1.82) is 0 Å². The van der Waals surface area contributed by atoms with Gasteiger partial charge in [-0.05, 0) is 31.1 Å². The van der Waals surface area contributed by atoms with E-state index in [4.69, 9.17) is 25.3 Å². The zero-order valence-electron chi connectivity index (χ0n) is 7.29. The normalized spacial score (nSPS) is 62.5. The highest BCUT2D eigenvalue weighted by molar-refractivity contribution is 7.87. The van der Waals surface area contributed by atoms with E-state index in [0.29, 0.717) is 9.49 Å². The predicted octanol–water partition coefficient (Wildman–Crippen LogP) is 2.94. The van der Waals surface area contributed by atoms with Crippen LogP contribution >= 0.6 is 25.3 Å². The van der Waals surface area contributed by atoms with E-state index in [1.165, 1.54) is 38.5 Å². The van der Waals surface area contributed by atoms with Gasteiger partial charge < -0.3 is 0 Å². The molecule has 0 aromatic carbocycles. The third kappa shape index (κ3) is 0.790. The van der Waals surface area contributed by atoms with E-state index in [9.17, 15) is 0 Å². The molecule has 2 heteroatoms. The van der Waals surface area contributed by atoms with E-state index in [0.717, 1.165) is 11.8 Å². The third-order valence-corrected chi connectivity index (χ3v) is 6.20. The standard InChI is InChI=1S/C10H16S2/c11-9-5-7-3-1-2-4-8(7)10(9,12)6-9/h7-8,11-12H,1-6H2. The van der Waals surface area contributed by atoms with Crippen molar-refractivity contribution in [2.75, 3.05) is 0 Å². The van der Waals surface area contributed by atoms with Crippen molar-refractivity contribution in [3.8, 4) is 0 Å². The van der Waals surface area contributed by atoms with Gasteiger partial charge >= 0.3 is 0 Å². The summed E-state index contributed by atoms with van der Waals surface area (Å²) >= 11 is 9.64. The van der Waals surface area contributed by atoms with Crippen molar-refractivity contribution in [2.45, 2.75) is 48.0 Å². The lowest BCUT2D eigenvalue weighted by atomic mass is 9.78. The Kier molecular flexibility index (Phi) is 1.47. The topological polar surface area (TPSA) is 0 Å². The van der Waals surface area contributed by atoms with E-state index in [2.05, 4.69) is 0 Å².